The Balaban J connectivity index is 1.43. The van der Waals surface area contributed by atoms with E-state index in [1.165, 1.54) is 50.0 Å². The van der Waals surface area contributed by atoms with Gasteiger partial charge in [0.05, 0.1) is 0 Å². The Hall–Kier alpha value is -0.220. The predicted molar refractivity (Wildman–Crippen MR) is 80.4 cm³/mol. The van der Waals surface area contributed by atoms with E-state index in [2.05, 4.69) is 22.0 Å². The highest BCUT2D eigenvalue weighted by Crippen LogP contribution is 2.29. The molecular formula is C15H26N2OS. The van der Waals surface area contributed by atoms with E-state index < -0.39 is 0 Å². The molecule has 19 heavy (non-hydrogen) atoms. The summed E-state index contributed by atoms with van der Waals surface area (Å²) in [5, 5.41) is 3.70. The number of amides is 1. The van der Waals surface area contributed by atoms with E-state index in [0.717, 1.165) is 19.5 Å². The molecule has 3 fully saturated rings. The molecule has 1 aliphatic carbocycles. The first-order chi connectivity index (χ1) is 9.33. The Labute approximate surface area is 120 Å². The van der Waals surface area contributed by atoms with Gasteiger partial charge in [0.25, 0.3) is 0 Å². The lowest BCUT2D eigenvalue weighted by atomic mass is 10.1. The molecule has 2 saturated heterocycles. The molecule has 3 nitrogen and oxygen atoms in total. The van der Waals surface area contributed by atoms with Crippen LogP contribution in [0, 0.1) is 5.92 Å². The van der Waals surface area contributed by atoms with Gasteiger partial charge in [-0.05, 0) is 43.1 Å². The lowest BCUT2D eigenvalue weighted by molar-refractivity contribution is -0.129. The van der Waals surface area contributed by atoms with Gasteiger partial charge in [-0.15, -0.1) is 0 Å². The van der Waals surface area contributed by atoms with Crippen LogP contribution < -0.4 is 5.32 Å². The average Bonchev–Trinajstić information content (AvgIpc) is 3.07. The fourth-order valence-electron chi connectivity index (χ4n) is 3.75. The highest BCUT2D eigenvalue weighted by atomic mass is 32.2. The summed E-state index contributed by atoms with van der Waals surface area (Å²) in [5.41, 5.74) is 0. The van der Waals surface area contributed by atoms with Crippen LogP contribution >= 0.6 is 11.8 Å². The van der Waals surface area contributed by atoms with E-state index in [4.69, 9.17) is 0 Å². The molecule has 0 spiro atoms. The molecule has 1 amide bonds. The zero-order valence-corrected chi connectivity index (χ0v) is 12.6. The molecule has 1 N–H and O–H groups in total. The number of carbonyl (C=O) groups excluding carboxylic acids is 1. The molecule has 0 bridgehead atoms. The summed E-state index contributed by atoms with van der Waals surface area (Å²) in [4.78, 5) is 14.3. The molecular weight excluding hydrogens is 256 g/mol. The maximum Gasteiger partial charge on any atom is 0.223 e. The number of likely N-dealkylation sites (tertiary alicyclic amines) is 1. The second-order valence-electron chi connectivity index (χ2n) is 6.35. The third-order valence-electron chi connectivity index (χ3n) is 4.92. The fraction of sp³-hybridized carbons (Fsp3) is 0.933. The Kier molecular flexibility index (Phi) is 4.69. The molecule has 3 rings (SSSR count). The normalized spacial score (nSPS) is 30.4. The van der Waals surface area contributed by atoms with Crippen LogP contribution in [-0.2, 0) is 4.79 Å². The SMILES string of the molecule is O=C1C[C@H](CNC2CCSCC2)CN1C1CCCC1. The van der Waals surface area contributed by atoms with E-state index in [9.17, 15) is 4.79 Å². The van der Waals surface area contributed by atoms with Crippen molar-refractivity contribution in [3.63, 3.8) is 0 Å². The molecule has 1 atom stereocenters. The van der Waals surface area contributed by atoms with Gasteiger partial charge in [0.15, 0.2) is 0 Å². The number of hydrogen-bond acceptors (Lipinski definition) is 3. The summed E-state index contributed by atoms with van der Waals surface area (Å²) in [6.45, 7) is 2.06. The van der Waals surface area contributed by atoms with E-state index >= 15 is 0 Å². The van der Waals surface area contributed by atoms with Crippen molar-refractivity contribution in [2.24, 2.45) is 5.92 Å². The average molecular weight is 282 g/mol. The molecule has 108 valence electrons. The maximum atomic E-state index is 12.1. The summed E-state index contributed by atoms with van der Waals surface area (Å²) < 4.78 is 0. The molecule has 1 saturated carbocycles. The molecule has 4 heteroatoms. The topological polar surface area (TPSA) is 32.3 Å². The molecule has 0 aromatic heterocycles. The van der Waals surface area contributed by atoms with Gasteiger partial charge in [-0.2, -0.15) is 11.8 Å². The van der Waals surface area contributed by atoms with Crippen LogP contribution in [0.15, 0.2) is 0 Å². The van der Waals surface area contributed by atoms with Crippen molar-refractivity contribution >= 4 is 17.7 Å². The zero-order valence-electron chi connectivity index (χ0n) is 11.8. The van der Waals surface area contributed by atoms with Gasteiger partial charge in [0, 0.05) is 31.6 Å². The van der Waals surface area contributed by atoms with Gasteiger partial charge < -0.3 is 10.2 Å². The van der Waals surface area contributed by atoms with E-state index in [-0.39, 0.29) is 0 Å². The van der Waals surface area contributed by atoms with E-state index in [1.807, 2.05) is 0 Å². The van der Waals surface area contributed by atoms with Crippen LogP contribution in [0.25, 0.3) is 0 Å². The summed E-state index contributed by atoms with van der Waals surface area (Å²) in [6.07, 6.45) is 8.51. The Bertz CT molecular complexity index is 311. The van der Waals surface area contributed by atoms with Crippen molar-refractivity contribution in [2.75, 3.05) is 24.6 Å². The van der Waals surface area contributed by atoms with Gasteiger partial charge >= 0.3 is 0 Å². The summed E-state index contributed by atoms with van der Waals surface area (Å²) in [5.74, 6) is 3.57. The molecule has 0 unspecified atom stereocenters. The van der Waals surface area contributed by atoms with Crippen LogP contribution in [0.3, 0.4) is 0 Å². The molecule has 2 aliphatic heterocycles. The first-order valence-corrected chi connectivity index (χ1v) is 9.09. The second kappa shape index (κ2) is 6.49. The first-order valence-electron chi connectivity index (χ1n) is 7.93. The van der Waals surface area contributed by atoms with Crippen LogP contribution in [0.5, 0.6) is 0 Å². The lowest BCUT2D eigenvalue weighted by Gasteiger charge is -2.26. The Morgan fingerprint density at radius 1 is 1.16 bits per heavy atom. The number of hydrogen-bond donors (Lipinski definition) is 1. The minimum Gasteiger partial charge on any atom is -0.339 e. The summed E-state index contributed by atoms with van der Waals surface area (Å²) in [6, 6.07) is 1.28. The fourth-order valence-corrected chi connectivity index (χ4v) is 4.86. The number of carbonyl (C=O) groups is 1. The van der Waals surface area contributed by atoms with Gasteiger partial charge in [0.2, 0.25) is 5.91 Å². The van der Waals surface area contributed by atoms with Crippen molar-refractivity contribution in [1.29, 1.82) is 0 Å². The van der Waals surface area contributed by atoms with Crippen molar-refractivity contribution in [3.8, 4) is 0 Å². The highest BCUT2D eigenvalue weighted by Gasteiger charge is 2.35. The third-order valence-corrected chi connectivity index (χ3v) is 5.97. The van der Waals surface area contributed by atoms with Gasteiger partial charge in [0.1, 0.15) is 0 Å². The van der Waals surface area contributed by atoms with Crippen LogP contribution in [0.2, 0.25) is 0 Å². The predicted octanol–water partition coefficient (Wildman–Crippen LogP) is 2.26. The molecule has 0 radical (unpaired) electrons. The van der Waals surface area contributed by atoms with Crippen LogP contribution in [0.1, 0.15) is 44.9 Å². The van der Waals surface area contributed by atoms with Crippen LogP contribution in [0.4, 0.5) is 0 Å². The van der Waals surface area contributed by atoms with Crippen molar-refractivity contribution < 1.29 is 4.79 Å². The second-order valence-corrected chi connectivity index (χ2v) is 7.57. The van der Waals surface area contributed by atoms with Crippen molar-refractivity contribution in [2.45, 2.75) is 57.0 Å². The molecule has 2 heterocycles. The van der Waals surface area contributed by atoms with Gasteiger partial charge in [-0.25, -0.2) is 0 Å². The smallest absolute Gasteiger partial charge is 0.223 e. The lowest BCUT2D eigenvalue weighted by Crippen LogP contribution is -2.38. The van der Waals surface area contributed by atoms with Gasteiger partial charge in [-0.3, -0.25) is 4.79 Å². The summed E-state index contributed by atoms with van der Waals surface area (Å²) in [7, 11) is 0. The van der Waals surface area contributed by atoms with Crippen molar-refractivity contribution in [1.82, 2.24) is 10.2 Å². The van der Waals surface area contributed by atoms with Crippen LogP contribution in [-0.4, -0.2) is 47.5 Å². The largest absolute Gasteiger partial charge is 0.339 e. The monoisotopic (exact) mass is 282 g/mol. The van der Waals surface area contributed by atoms with Crippen molar-refractivity contribution in [3.05, 3.63) is 0 Å². The quantitative estimate of drug-likeness (QED) is 0.858. The molecule has 3 aliphatic rings. The Morgan fingerprint density at radius 2 is 1.89 bits per heavy atom. The minimum atomic E-state index is 0.415. The van der Waals surface area contributed by atoms with E-state index in [0.29, 0.717) is 23.9 Å². The first kappa shape index (κ1) is 13.7. The third kappa shape index (κ3) is 3.46. The number of nitrogens with one attached hydrogen (secondary N) is 1. The summed E-state index contributed by atoms with van der Waals surface area (Å²) >= 11 is 2.07. The number of nitrogens with zero attached hydrogens (tertiary/aromatic N) is 1. The van der Waals surface area contributed by atoms with Gasteiger partial charge in [-0.1, -0.05) is 12.8 Å². The maximum absolute atomic E-state index is 12.1. The standard InChI is InChI=1S/C15H26N2OS/c18-15-9-12(10-16-13-5-7-19-8-6-13)11-17(15)14-3-1-2-4-14/h12-14,16H,1-11H2/t12-/m1/s1. The number of thioether (sulfide) groups is 1. The van der Waals surface area contributed by atoms with E-state index in [1.54, 1.807) is 0 Å². The highest BCUT2D eigenvalue weighted by molar-refractivity contribution is 7.99. The Morgan fingerprint density at radius 3 is 2.63 bits per heavy atom. The number of rotatable bonds is 4. The molecule has 0 aromatic carbocycles. The molecule has 0 aromatic rings. The minimum absolute atomic E-state index is 0.415. The zero-order chi connectivity index (χ0) is 13.1.